The first kappa shape index (κ1) is 12.8. The smallest absolute Gasteiger partial charge is 0.0564 e. The predicted molar refractivity (Wildman–Crippen MR) is 71.9 cm³/mol. The molecule has 1 saturated heterocycles. The average molecular weight is 235 g/mol. The van der Waals surface area contributed by atoms with Crippen molar-refractivity contribution < 1.29 is 5.11 Å². The zero-order valence-electron chi connectivity index (χ0n) is 11.0. The summed E-state index contributed by atoms with van der Waals surface area (Å²) in [5.74, 6) is 0.710. The molecule has 2 rings (SSSR count). The summed E-state index contributed by atoms with van der Waals surface area (Å²) < 4.78 is 0. The highest BCUT2D eigenvalue weighted by molar-refractivity contribution is 5.13. The van der Waals surface area contributed by atoms with E-state index in [4.69, 9.17) is 0 Å². The van der Waals surface area contributed by atoms with Crippen LogP contribution in [0, 0.1) is 5.92 Å². The second-order valence-corrected chi connectivity index (χ2v) is 5.69. The van der Waals surface area contributed by atoms with Gasteiger partial charge in [0.1, 0.15) is 0 Å². The standard InChI is InChI=1S/C15H25NO/c1-12(2)14-5-3-13(4-6-14)11-16-9-7-15(17)8-10-16/h3,14-15,17H,1,4-11H2,2H3. The van der Waals surface area contributed by atoms with E-state index >= 15 is 0 Å². The molecule has 1 unspecified atom stereocenters. The molecule has 1 aliphatic heterocycles. The van der Waals surface area contributed by atoms with Crippen molar-refractivity contribution in [2.75, 3.05) is 19.6 Å². The lowest BCUT2D eigenvalue weighted by molar-refractivity contribution is 0.0863. The summed E-state index contributed by atoms with van der Waals surface area (Å²) in [5.41, 5.74) is 2.93. The van der Waals surface area contributed by atoms with Crippen LogP contribution in [0.3, 0.4) is 0 Å². The van der Waals surface area contributed by atoms with E-state index in [0.29, 0.717) is 5.92 Å². The summed E-state index contributed by atoms with van der Waals surface area (Å²) in [4.78, 5) is 2.49. The van der Waals surface area contributed by atoms with Crippen molar-refractivity contribution in [1.82, 2.24) is 4.90 Å². The van der Waals surface area contributed by atoms with Crippen LogP contribution in [0.4, 0.5) is 0 Å². The summed E-state index contributed by atoms with van der Waals surface area (Å²) in [6, 6.07) is 0. The van der Waals surface area contributed by atoms with E-state index in [2.05, 4.69) is 24.5 Å². The van der Waals surface area contributed by atoms with Crippen molar-refractivity contribution in [2.24, 2.45) is 5.92 Å². The van der Waals surface area contributed by atoms with Crippen molar-refractivity contribution in [3.8, 4) is 0 Å². The second-order valence-electron chi connectivity index (χ2n) is 5.69. The molecule has 0 saturated carbocycles. The molecular weight excluding hydrogens is 210 g/mol. The van der Waals surface area contributed by atoms with Gasteiger partial charge in [-0.2, -0.15) is 0 Å². The summed E-state index contributed by atoms with van der Waals surface area (Å²) in [7, 11) is 0. The summed E-state index contributed by atoms with van der Waals surface area (Å²) in [6.07, 6.45) is 7.95. The second kappa shape index (κ2) is 5.83. The SMILES string of the molecule is C=C(C)C1CC=C(CN2CCC(O)CC2)CC1. The molecule has 0 amide bonds. The van der Waals surface area contributed by atoms with Crippen LogP contribution in [0.2, 0.25) is 0 Å². The van der Waals surface area contributed by atoms with Gasteiger partial charge in [0.25, 0.3) is 0 Å². The van der Waals surface area contributed by atoms with Gasteiger partial charge < -0.3 is 5.11 Å². The zero-order valence-corrected chi connectivity index (χ0v) is 11.0. The maximum absolute atomic E-state index is 9.48. The average Bonchev–Trinajstić information content (AvgIpc) is 2.33. The predicted octanol–water partition coefficient (Wildman–Crippen LogP) is 2.75. The highest BCUT2D eigenvalue weighted by Gasteiger charge is 2.20. The fourth-order valence-corrected chi connectivity index (χ4v) is 2.84. The molecule has 96 valence electrons. The molecule has 0 aromatic rings. The Balaban J connectivity index is 1.79. The van der Waals surface area contributed by atoms with Crippen LogP contribution in [0.1, 0.15) is 39.0 Å². The Hall–Kier alpha value is -0.600. The molecule has 0 bridgehead atoms. The highest BCUT2D eigenvalue weighted by Crippen LogP contribution is 2.28. The molecule has 0 aromatic heterocycles. The van der Waals surface area contributed by atoms with E-state index in [9.17, 15) is 5.11 Å². The van der Waals surface area contributed by atoms with Crippen molar-refractivity contribution >= 4 is 0 Å². The normalized spacial score (nSPS) is 27.9. The van der Waals surface area contributed by atoms with E-state index in [1.54, 1.807) is 5.57 Å². The highest BCUT2D eigenvalue weighted by atomic mass is 16.3. The Kier molecular flexibility index (Phi) is 4.41. The van der Waals surface area contributed by atoms with Gasteiger partial charge in [-0.15, -0.1) is 0 Å². The lowest BCUT2D eigenvalue weighted by Gasteiger charge is -2.32. The minimum atomic E-state index is -0.0561. The van der Waals surface area contributed by atoms with Gasteiger partial charge in [-0.3, -0.25) is 4.90 Å². The van der Waals surface area contributed by atoms with Crippen molar-refractivity contribution in [1.29, 1.82) is 0 Å². The van der Waals surface area contributed by atoms with Gasteiger partial charge in [0.15, 0.2) is 0 Å². The molecule has 2 heteroatoms. The monoisotopic (exact) mass is 235 g/mol. The first-order valence-corrected chi connectivity index (χ1v) is 6.89. The minimum Gasteiger partial charge on any atom is -0.393 e. The summed E-state index contributed by atoms with van der Waals surface area (Å²) in [6.45, 7) is 9.45. The fraction of sp³-hybridized carbons (Fsp3) is 0.733. The van der Waals surface area contributed by atoms with Crippen LogP contribution in [0.25, 0.3) is 0 Å². The number of nitrogens with zero attached hydrogens (tertiary/aromatic N) is 1. The maximum atomic E-state index is 9.48. The molecule has 2 nitrogen and oxygen atoms in total. The number of piperidine rings is 1. The maximum Gasteiger partial charge on any atom is 0.0564 e. The molecule has 1 atom stereocenters. The third-order valence-corrected chi connectivity index (χ3v) is 4.19. The molecule has 1 aliphatic carbocycles. The fourth-order valence-electron chi connectivity index (χ4n) is 2.84. The van der Waals surface area contributed by atoms with E-state index < -0.39 is 0 Å². The van der Waals surface area contributed by atoms with E-state index in [1.165, 1.54) is 24.8 Å². The van der Waals surface area contributed by atoms with Crippen LogP contribution in [0.15, 0.2) is 23.8 Å². The largest absolute Gasteiger partial charge is 0.393 e. The van der Waals surface area contributed by atoms with E-state index in [1.807, 2.05) is 0 Å². The van der Waals surface area contributed by atoms with Crippen molar-refractivity contribution in [2.45, 2.75) is 45.1 Å². The van der Waals surface area contributed by atoms with E-state index in [0.717, 1.165) is 32.5 Å². The van der Waals surface area contributed by atoms with Crippen molar-refractivity contribution in [3.63, 3.8) is 0 Å². The molecule has 2 aliphatic rings. The molecule has 17 heavy (non-hydrogen) atoms. The van der Waals surface area contributed by atoms with Gasteiger partial charge in [-0.05, 0) is 44.9 Å². The van der Waals surface area contributed by atoms with Crippen molar-refractivity contribution in [3.05, 3.63) is 23.8 Å². The molecular formula is C15H25NO. The Labute approximate surface area is 105 Å². The van der Waals surface area contributed by atoms with Gasteiger partial charge >= 0.3 is 0 Å². The molecule has 1 heterocycles. The molecule has 1 N–H and O–H groups in total. The van der Waals surface area contributed by atoms with Gasteiger partial charge in [-0.1, -0.05) is 23.8 Å². The first-order chi connectivity index (χ1) is 8.15. The van der Waals surface area contributed by atoms with Crippen LogP contribution >= 0.6 is 0 Å². The summed E-state index contributed by atoms with van der Waals surface area (Å²) in [5, 5.41) is 9.48. The third kappa shape index (κ3) is 3.68. The lowest BCUT2D eigenvalue weighted by Crippen LogP contribution is -2.37. The minimum absolute atomic E-state index is 0.0561. The van der Waals surface area contributed by atoms with Crippen LogP contribution in [-0.4, -0.2) is 35.7 Å². The first-order valence-electron chi connectivity index (χ1n) is 6.89. The number of hydrogen-bond donors (Lipinski definition) is 1. The summed E-state index contributed by atoms with van der Waals surface area (Å²) >= 11 is 0. The van der Waals surface area contributed by atoms with Crippen LogP contribution in [-0.2, 0) is 0 Å². The topological polar surface area (TPSA) is 23.5 Å². The number of rotatable bonds is 3. The third-order valence-electron chi connectivity index (χ3n) is 4.19. The number of aliphatic hydroxyl groups is 1. The van der Waals surface area contributed by atoms with Gasteiger partial charge in [0, 0.05) is 19.6 Å². The lowest BCUT2D eigenvalue weighted by atomic mass is 9.85. The molecule has 0 spiro atoms. The number of hydrogen-bond acceptors (Lipinski definition) is 2. The number of aliphatic hydroxyl groups excluding tert-OH is 1. The van der Waals surface area contributed by atoms with Gasteiger partial charge in [0.2, 0.25) is 0 Å². The Morgan fingerprint density at radius 1 is 1.41 bits per heavy atom. The Morgan fingerprint density at radius 3 is 2.65 bits per heavy atom. The Bertz CT molecular complexity index is 300. The number of allylic oxidation sites excluding steroid dienone is 2. The molecule has 0 aromatic carbocycles. The van der Waals surface area contributed by atoms with Gasteiger partial charge in [0.05, 0.1) is 6.10 Å². The van der Waals surface area contributed by atoms with Gasteiger partial charge in [-0.25, -0.2) is 0 Å². The van der Waals surface area contributed by atoms with E-state index in [-0.39, 0.29) is 6.10 Å². The molecule has 1 fully saturated rings. The Morgan fingerprint density at radius 2 is 2.12 bits per heavy atom. The van der Waals surface area contributed by atoms with Crippen LogP contribution < -0.4 is 0 Å². The zero-order chi connectivity index (χ0) is 12.3. The van der Waals surface area contributed by atoms with Crippen LogP contribution in [0.5, 0.6) is 0 Å². The quantitative estimate of drug-likeness (QED) is 0.760. The number of likely N-dealkylation sites (tertiary alicyclic amines) is 1. The molecule has 0 radical (unpaired) electrons.